The molecule has 0 saturated carbocycles. The van der Waals surface area contributed by atoms with Crippen LogP contribution in [-0.2, 0) is 4.74 Å². The van der Waals surface area contributed by atoms with E-state index in [0.717, 1.165) is 5.56 Å². The van der Waals surface area contributed by atoms with Gasteiger partial charge in [-0.25, -0.2) is 0 Å². The van der Waals surface area contributed by atoms with E-state index < -0.39 is 6.10 Å². The van der Waals surface area contributed by atoms with Gasteiger partial charge in [0.2, 0.25) is 0 Å². The lowest BCUT2D eigenvalue weighted by Gasteiger charge is -2.13. The zero-order valence-electron chi connectivity index (χ0n) is 11.0. The van der Waals surface area contributed by atoms with E-state index in [2.05, 4.69) is 24.3 Å². The first-order chi connectivity index (χ1) is 8.66. The summed E-state index contributed by atoms with van der Waals surface area (Å²) < 4.78 is 5.46. The van der Waals surface area contributed by atoms with E-state index in [-0.39, 0.29) is 6.10 Å². The van der Waals surface area contributed by atoms with E-state index in [1.165, 1.54) is 10.8 Å². The molecule has 1 atom stereocenters. The van der Waals surface area contributed by atoms with Crippen LogP contribution in [0.15, 0.2) is 42.5 Å². The quantitative estimate of drug-likeness (QED) is 0.869. The van der Waals surface area contributed by atoms with Gasteiger partial charge < -0.3 is 9.84 Å². The molecule has 0 aliphatic carbocycles. The highest BCUT2D eigenvalue weighted by molar-refractivity contribution is 5.83. The molecule has 2 nitrogen and oxygen atoms in total. The number of ether oxygens (including phenoxy) is 1. The SMILES string of the molecule is CC(C)OCCC(O)c1ccc2ccccc2c1. The van der Waals surface area contributed by atoms with Gasteiger partial charge in [-0.1, -0.05) is 36.4 Å². The Kier molecular flexibility index (Phi) is 4.34. The molecule has 0 saturated heterocycles. The smallest absolute Gasteiger partial charge is 0.0812 e. The van der Waals surface area contributed by atoms with Crippen molar-refractivity contribution >= 4 is 10.8 Å². The second-order valence-corrected chi connectivity index (χ2v) is 4.83. The molecule has 96 valence electrons. The molecule has 0 fully saturated rings. The van der Waals surface area contributed by atoms with Crippen LogP contribution in [0.25, 0.3) is 10.8 Å². The summed E-state index contributed by atoms with van der Waals surface area (Å²) in [5, 5.41) is 12.5. The van der Waals surface area contributed by atoms with Crippen LogP contribution in [0.4, 0.5) is 0 Å². The molecule has 1 N–H and O–H groups in total. The third-order valence-corrected chi connectivity index (χ3v) is 3.00. The normalized spacial score (nSPS) is 13.1. The zero-order chi connectivity index (χ0) is 13.0. The van der Waals surface area contributed by atoms with E-state index in [0.29, 0.717) is 13.0 Å². The summed E-state index contributed by atoms with van der Waals surface area (Å²) in [7, 11) is 0. The maximum absolute atomic E-state index is 10.1. The van der Waals surface area contributed by atoms with Crippen molar-refractivity contribution in [2.24, 2.45) is 0 Å². The fourth-order valence-corrected chi connectivity index (χ4v) is 2.00. The number of aliphatic hydroxyl groups is 1. The summed E-state index contributed by atoms with van der Waals surface area (Å²) in [5.74, 6) is 0. The van der Waals surface area contributed by atoms with Crippen molar-refractivity contribution in [2.45, 2.75) is 32.5 Å². The number of hydrogen-bond acceptors (Lipinski definition) is 2. The summed E-state index contributed by atoms with van der Waals surface area (Å²) in [5.41, 5.74) is 0.959. The van der Waals surface area contributed by atoms with Gasteiger partial charge >= 0.3 is 0 Å². The molecule has 0 aliphatic rings. The van der Waals surface area contributed by atoms with E-state index >= 15 is 0 Å². The lowest BCUT2D eigenvalue weighted by molar-refractivity contribution is 0.0466. The second-order valence-electron chi connectivity index (χ2n) is 4.83. The first-order valence-corrected chi connectivity index (χ1v) is 6.45. The average Bonchev–Trinajstić information content (AvgIpc) is 2.37. The van der Waals surface area contributed by atoms with E-state index in [1.54, 1.807) is 0 Å². The third-order valence-electron chi connectivity index (χ3n) is 3.00. The molecule has 0 aliphatic heterocycles. The van der Waals surface area contributed by atoms with Gasteiger partial charge in [0, 0.05) is 13.0 Å². The van der Waals surface area contributed by atoms with Crippen LogP contribution in [0.5, 0.6) is 0 Å². The Morgan fingerprint density at radius 1 is 1.06 bits per heavy atom. The van der Waals surface area contributed by atoms with Gasteiger partial charge in [0.25, 0.3) is 0 Å². The Labute approximate surface area is 108 Å². The van der Waals surface area contributed by atoms with Gasteiger partial charge in [-0.2, -0.15) is 0 Å². The van der Waals surface area contributed by atoms with Crippen molar-refractivity contribution in [1.82, 2.24) is 0 Å². The third kappa shape index (κ3) is 3.31. The van der Waals surface area contributed by atoms with E-state index in [9.17, 15) is 5.11 Å². The van der Waals surface area contributed by atoms with Crippen LogP contribution < -0.4 is 0 Å². The Bertz CT molecular complexity index is 505. The second kappa shape index (κ2) is 5.98. The first kappa shape index (κ1) is 13.1. The maximum Gasteiger partial charge on any atom is 0.0812 e. The molecule has 2 aromatic carbocycles. The van der Waals surface area contributed by atoms with Gasteiger partial charge in [-0.3, -0.25) is 0 Å². The molecule has 0 bridgehead atoms. The molecule has 18 heavy (non-hydrogen) atoms. The van der Waals surface area contributed by atoms with Crippen LogP contribution >= 0.6 is 0 Å². The molecular weight excluding hydrogens is 224 g/mol. The minimum Gasteiger partial charge on any atom is -0.388 e. The number of aliphatic hydroxyl groups excluding tert-OH is 1. The fraction of sp³-hybridized carbons (Fsp3) is 0.375. The van der Waals surface area contributed by atoms with Gasteiger partial charge in [0.15, 0.2) is 0 Å². The first-order valence-electron chi connectivity index (χ1n) is 6.45. The highest BCUT2D eigenvalue weighted by atomic mass is 16.5. The van der Waals surface area contributed by atoms with Gasteiger partial charge in [0.1, 0.15) is 0 Å². The zero-order valence-corrected chi connectivity index (χ0v) is 11.0. The molecule has 0 radical (unpaired) electrons. The standard InChI is InChI=1S/C16H20O2/c1-12(2)18-10-9-16(17)15-8-7-13-5-3-4-6-14(13)11-15/h3-8,11-12,16-17H,9-10H2,1-2H3. The number of benzene rings is 2. The Morgan fingerprint density at radius 3 is 2.50 bits per heavy atom. The van der Waals surface area contributed by atoms with Crippen molar-refractivity contribution in [3.63, 3.8) is 0 Å². The highest BCUT2D eigenvalue weighted by Crippen LogP contribution is 2.22. The van der Waals surface area contributed by atoms with Crippen molar-refractivity contribution in [3.05, 3.63) is 48.0 Å². The number of rotatable bonds is 5. The summed E-state index contributed by atoms with van der Waals surface area (Å²) in [6.45, 7) is 4.59. The molecular formula is C16H20O2. The van der Waals surface area contributed by atoms with Gasteiger partial charge in [-0.05, 0) is 36.2 Å². The lowest BCUT2D eigenvalue weighted by atomic mass is 10.0. The van der Waals surface area contributed by atoms with Crippen molar-refractivity contribution < 1.29 is 9.84 Å². The van der Waals surface area contributed by atoms with Crippen LogP contribution in [0.2, 0.25) is 0 Å². The maximum atomic E-state index is 10.1. The summed E-state index contributed by atoms with van der Waals surface area (Å²) in [6.07, 6.45) is 0.401. The van der Waals surface area contributed by atoms with Crippen LogP contribution in [0, 0.1) is 0 Å². The van der Waals surface area contributed by atoms with Crippen molar-refractivity contribution in [1.29, 1.82) is 0 Å². The number of hydrogen-bond donors (Lipinski definition) is 1. The molecule has 0 heterocycles. The Hall–Kier alpha value is -1.38. The van der Waals surface area contributed by atoms with Crippen LogP contribution in [-0.4, -0.2) is 17.8 Å². The summed E-state index contributed by atoms with van der Waals surface area (Å²) in [4.78, 5) is 0. The van der Waals surface area contributed by atoms with E-state index in [4.69, 9.17) is 4.74 Å². The largest absolute Gasteiger partial charge is 0.388 e. The molecule has 0 amide bonds. The number of fused-ring (bicyclic) bond motifs is 1. The molecule has 1 unspecified atom stereocenters. The molecule has 0 spiro atoms. The van der Waals surface area contributed by atoms with Crippen LogP contribution in [0.1, 0.15) is 31.9 Å². The van der Waals surface area contributed by atoms with Gasteiger partial charge in [0.05, 0.1) is 12.2 Å². The molecule has 2 heteroatoms. The molecule has 2 rings (SSSR count). The minimum atomic E-state index is -0.451. The van der Waals surface area contributed by atoms with Crippen molar-refractivity contribution in [2.75, 3.05) is 6.61 Å². The van der Waals surface area contributed by atoms with E-state index in [1.807, 2.05) is 32.0 Å². The highest BCUT2D eigenvalue weighted by Gasteiger charge is 2.08. The predicted molar refractivity (Wildman–Crippen MR) is 74.6 cm³/mol. The molecule has 0 aromatic heterocycles. The average molecular weight is 244 g/mol. The predicted octanol–water partition coefficient (Wildman–Crippen LogP) is 3.69. The summed E-state index contributed by atoms with van der Waals surface area (Å²) >= 11 is 0. The minimum absolute atomic E-state index is 0.216. The monoisotopic (exact) mass is 244 g/mol. The van der Waals surface area contributed by atoms with Crippen LogP contribution in [0.3, 0.4) is 0 Å². The Morgan fingerprint density at radius 2 is 1.78 bits per heavy atom. The summed E-state index contributed by atoms with van der Waals surface area (Å²) in [6, 6.07) is 14.3. The molecule has 2 aromatic rings. The fourth-order valence-electron chi connectivity index (χ4n) is 2.00. The van der Waals surface area contributed by atoms with Gasteiger partial charge in [-0.15, -0.1) is 0 Å². The van der Waals surface area contributed by atoms with Crippen molar-refractivity contribution in [3.8, 4) is 0 Å². The topological polar surface area (TPSA) is 29.5 Å². The lowest BCUT2D eigenvalue weighted by Crippen LogP contribution is -2.08. The Balaban J connectivity index is 2.06.